The normalized spacial score (nSPS) is 14.5. The van der Waals surface area contributed by atoms with Gasteiger partial charge < -0.3 is 10.8 Å². The highest BCUT2D eigenvalue weighted by atomic mass is 35.5. The standard InChI is InChI=1S/C13H14ClNOS/c14-12-4-2-1-3-10(12)11(7-15)13(16)9-5-6-17-8-9/h1-6,8,11,13,16H,7,15H2. The number of nitrogens with two attached hydrogens (primary N) is 1. The molecule has 0 radical (unpaired) electrons. The topological polar surface area (TPSA) is 46.2 Å². The number of thiophene rings is 1. The minimum atomic E-state index is -0.605. The van der Waals surface area contributed by atoms with Crippen LogP contribution < -0.4 is 5.73 Å². The Morgan fingerprint density at radius 2 is 2.06 bits per heavy atom. The predicted molar refractivity (Wildman–Crippen MR) is 72.5 cm³/mol. The molecule has 0 aliphatic rings. The fourth-order valence-corrected chi connectivity index (χ4v) is 2.84. The summed E-state index contributed by atoms with van der Waals surface area (Å²) in [6, 6.07) is 9.42. The van der Waals surface area contributed by atoms with E-state index in [2.05, 4.69) is 0 Å². The fraction of sp³-hybridized carbons (Fsp3) is 0.231. The first-order valence-corrected chi connectivity index (χ1v) is 6.70. The van der Waals surface area contributed by atoms with E-state index in [1.54, 1.807) is 11.3 Å². The van der Waals surface area contributed by atoms with Crippen molar-refractivity contribution in [2.45, 2.75) is 12.0 Å². The van der Waals surface area contributed by atoms with Gasteiger partial charge in [-0.2, -0.15) is 11.3 Å². The lowest BCUT2D eigenvalue weighted by molar-refractivity contribution is 0.148. The molecule has 0 fully saturated rings. The van der Waals surface area contributed by atoms with Crippen molar-refractivity contribution < 1.29 is 5.11 Å². The number of aliphatic hydroxyl groups is 1. The Morgan fingerprint density at radius 1 is 1.29 bits per heavy atom. The highest BCUT2D eigenvalue weighted by Crippen LogP contribution is 2.34. The quantitative estimate of drug-likeness (QED) is 0.894. The van der Waals surface area contributed by atoms with Crippen LogP contribution in [0.25, 0.3) is 0 Å². The Morgan fingerprint density at radius 3 is 2.65 bits per heavy atom. The summed E-state index contributed by atoms with van der Waals surface area (Å²) in [7, 11) is 0. The van der Waals surface area contributed by atoms with E-state index in [1.807, 2.05) is 41.1 Å². The highest BCUT2D eigenvalue weighted by Gasteiger charge is 2.23. The number of hydrogen-bond donors (Lipinski definition) is 2. The largest absolute Gasteiger partial charge is 0.388 e. The van der Waals surface area contributed by atoms with Gasteiger partial charge in [-0.25, -0.2) is 0 Å². The molecule has 2 nitrogen and oxygen atoms in total. The molecule has 2 rings (SSSR count). The van der Waals surface area contributed by atoms with Crippen LogP contribution in [0.3, 0.4) is 0 Å². The second-order valence-corrected chi connectivity index (χ2v) is 5.05. The summed E-state index contributed by atoms with van der Waals surface area (Å²) < 4.78 is 0. The summed E-state index contributed by atoms with van der Waals surface area (Å²) in [6.45, 7) is 0.362. The lowest BCUT2D eigenvalue weighted by Gasteiger charge is -2.22. The van der Waals surface area contributed by atoms with Crippen molar-refractivity contribution in [3.63, 3.8) is 0 Å². The molecular weight excluding hydrogens is 254 g/mol. The number of rotatable bonds is 4. The predicted octanol–water partition coefficient (Wildman–Crippen LogP) is 3.18. The summed E-state index contributed by atoms with van der Waals surface area (Å²) in [4.78, 5) is 0. The lowest BCUT2D eigenvalue weighted by Crippen LogP contribution is -2.20. The van der Waals surface area contributed by atoms with Crippen molar-refractivity contribution in [1.82, 2.24) is 0 Å². The minimum Gasteiger partial charge on any atom is -0.388 e. The summed E-state index contributed by atoms with van der Waals surface area (Å²) >= 11 is 7.70. The lowest BCUT2D eigenvalue weighted by atomic mass is 9.90. The van der Waals surface area contributed by atoms with Crippen molar-refractivity contribution in [3.8, 4) is 0 Å². The second kappa shape index (κ2) is 5.65. The number of aliphatic hydroxyl groups excluding tert-OH is 1. The van der Waals surface area contributed by atoms with Gasteiger partial charge in [-0.15, -0.1) is 0 Å². The van der Waals surface area contributed by atoms with Gasteiger partial charge >= 0.3 is 0 Å². The first-order chi connectivity index (χ1) is 8.24. The maximum absolute atomic E-state index is 10.3. The average molecular weight is 268 g/mol. The van der Waals surface area contributed by atoms with Crippen molar-refractivity contribution in [3.05, 3.63) is 57.2 Å². The molecule has 0 bridgehead atoms. The van der Waals surface area contributed by atoms with Crippen molar-refractivity contribution in [2.24, 2.45) is 5.73 Å². The summed E-state index contributed by atoms with van der Waals surface area (Å²) in [5, 5.41) is 14.8. The van der Waals surface area contributed by atoms with Gasteiger partial charge in [0.05, 0.1) is 6.10 Å². The smallest absolute Gasteiger partial charge is 0.0879 e. The van der Waals surface area contributed by atoms with Crippen LogP contribution in [-0.2, 0) is 0 Å². The average Bonchev–Trinajstić information content (AvgIpc) is 2.86. The van der Waals surface area contributed by atoms with E-state index in [-0.39, 0.29) is 5.92 Å². The van der Waals surface area contributed by atoms with Gasteiger partial charge in [0.25, 0.3) is 0 Å². The molecule has 17 heavy (non-hydrogen) atoms. The Balaban J connectivity index is 2.31. The zero-order chi connectivity index (χ0) is 12.3. The van der Waals surface area contributed by atoms with Gasteiger partial charge in [-0.3, -0.25) is 0 Å². The maximum Gasteiger partial charge on any atom is 0.0879 e. The molecule has 0 amide bonds. The van der Waals surface area contributed by atoms with Crippen LogP contribution in [0.2, 0.25) is 5.02 Å². The van der Waals surface area contributed by atoms with Crippen molar-refractivity contribution in [2.75, 3.05) is 6.54 Å². The molecule has 2 unspecified atom stereocenters. The van der Waals surface area contributed by atoms with Gasteiger partial charge in [0.1, 0.15) is 0 Å². The molecular formula is C13H14ClNOS. The monoisotopic (exact) mass is 267 g/mol. The van der Waals surface area contributed by atoms with Crippen LogP contribution in [0.1, 0.15) is 23.1 Å². The first-order valence-electron chi connectivity index (χ1n) is 5.38. The number of benzene rings is 1. The van der Waals surface area contributed by atoms with Crippen LogP contribution in [-0.4, -0.2) is 11.7 Å². The SMILES string of the molecule is NCC(c1ccccc1Cl)C(O)c1ccsc1. The third kappa shape index (κ3) is 2.69. The van der Waals surface area contributed by atoms with Gasteiger partial charge in [-0.1, -0.05) is 29.8 Å². The van der Waals surface area contributed by atoms with Crippen molar-refractivity contribution in [1.29, 1.82) is 0 Å². The van der Waals surface area contributed by atoms with Gasteiger partial charge in [0.2, 0.25) is 0 Å². The molecule has 3 N–H and O–H groups in total. The van der Waals surface area contributed by atoms with E-state index < -0.39 is 6.10 Å². The number of hydrogen-bond acceptors (Lipinski definition) is 3. The van der Waals surface area contributed by atoms with E-state index in [0.717, 1.165) is 11.1 Å². The van der Waals surface area contributed by atoms with Gasteiger partial charge in [0, 0.05) is 17.5 Å². The Kier molecular flexibility index (Phi) is 4.18. The van der Waals surface area contributed by atoms with E-state index in [4.69, 9.17) is 17.3 Å². The van der Waals surface area contributed by atoms with E-state index in [1.165, 1.54) is 0 Å². The zero-order valence-electron chi connectivity index (χ0n) is 9.21. The maximum atomic E-state index is 10.3. The Labute approximate surface area is 110 Å². The molecule has 0 aliphatic carbocycles. The summed E-state index contributed by atoms with van der Waals surface area (Å²) in [5.74, 6) is -0.168. The first kappa shape index (κ1) is 12.6. The number of halogens is 1. The van der Waals surface area contributed by atoms with Crippen molar-refractivity contribution >= 4 is 22.9 Å². The van der Waals surface area contributed by atoms with Crippen LogP contribution in [0.5, 0.6) is 0 Å². The van der Waals surface area contributed by atoms with E-state index in [9.17, 15) is 5.11 Å². The fourth-order valence-electron chi connectivity index (χ4n) is 1.88. The van der Waals surface area contributed by atoms with E-state index >= 15 is 0 Å². The van der Waals surface area contributed by atoms with E-state index in [0.29, 0.717) is 11.6 Å². The molecule has 90 valence electrons. The molecule has 4 heteroatoms. The second-order valence-electron chi connectivity index (χ2n) is 3.87. The van der Waals surface area contributed by atoms with Gasteiger partial charge in [-0.05, 0) is 34.0 Å². The molecule has 1 heterocycles. The van der Waals surface area contributed by atoms with Crippen LogP contribution in [0.4, 0.5) is 0 Å². The Hall–Kier alpha value is -0.870. The molecule has 2 aromatic rings. The Bertz CT molecular complexity index is 472. The molecule has 1 aromatic heterocycles. The van der Waals surface area contributed by atoms with Crippen LogP contribution in [0.15, 0.2) is 41.1 Å². The molecule has 0 aliphatic heterocycles. The molecule has 1 aromatic carbocycles. The third-order valence-corrected chi connectivity index (χ3v) is 3.87. The van der Waals surface area contributed by atoms with Gasteiger partial charge in [0.15, 0.2) is 0 Å². The van der Waals surface area contributed by atoms with Crippen LogP contribution >= 0.6 is 22.9 Å². The summed E-state index contributed by atoms with van der Waals surface area (Å²) in [5.41, 5.74) is 7.56. The third-order valence-electron chi connectivity index (χ3n) is 2.82. The minimum absolute atomic E-state index is 0.168. The molecule has 0 spiro atoms. The van der Waals surface area contributed by atoms with Crippen LogP contribution in [0, 0.1) is 0 Å². The molecule has 2 atom stereocenters. The highest BCUT2D eigenvalue weighted by molar-refractivity contribution is 7.07. The summed E-state index contributed by atoms with van der Waals surface area (Å²) in [6.07, 6.45) is -0.605. The zero-order valence-corrected chi connectivity index (χ0v) is 10.8. The molecule has 0 saturated carbocycles. The molecule has 0 saturated heterocycles.